The number of rotatable bonds is 8. The van der Waals surface area contributed by atoms with Gasteiger partial charge in [0.2, 0.25) is 10.0 Å². The molecule has 3 N–H and O–H groups in total. The Kier molecular flexibility index (Phi) is 7.44. The second-order valence-electron chi connectivity index (χ2n) is 8.79. The van der Waals surface area contributed by atoms with Gasteiger partial charge in [-0.2, -0.15) is 0 Å². The minimum Gasteiger partial charge on any atom is -0.367 e. The van der Waals surface area contributed by atoms with Crippen LogP contribution in [0.5, 0.6) is 0 Å². The van der Waals surface area contributed by atoms with Crippen molar-refractivity contribution in [2.45, 2.75) is 76.1 Å². The van der Waals surface area contributed by atoms with Crippen LogP contribution in [0.3, 0.4) is 0 Å². The number of nitrogens with one attached hydrogen (secondary N) is 2. The van der Waals surface area contributed by atoms with E-state index in [-0.39, 0.29) is 22.4 Å². The fourth-order valence-corrected chi connectivity index (χ4v) is 4.48. The van der Waals surface area contributed by atoms with E-state index < -0.39 is 16.3 Å². The summed E-state index contributed by atoms with van der Waals surface area (Å²) >= 11 is 0. The Morgan fingerprint density at radius 1 is 1.22 bits per heavy atom. The lowest BCUT2D eigenvalue weighted by molar-refractivity contribution is -0.0718. The van der Waals surface area contributed by atoms with Crippen LogP contribution in [0.2, 0.25) is 0 Å². The van der Waals surface area contributed by atoms with E-state index in [9.17, 15) is 13.5 Å². The minimum atomic E-state index is -3.61. The molecule has 1 fully saturated rings. The third-order valence-corrected chi connectivity index (χ3v) is 6.33. The maximum atomic E-state index is 12.8. The molecule has 1 unspecified atom stereocenters. The van der Waals surface area contributed by atoms with E-state index in [1.54, 1.807) is 12.1 Å². The van der Waals surface area contributed by atoms with Gasteiger partial charge in [0.1, 0.15) is 0 Å². The molecular weight excluding hydrogens is 364 g/mol. The van der Waals surface area contributed by atoms with Crippen molar-refractivity contribution in [3.05, 3.63) is 29.8 Å². The van der Waals surface area contributed by atoms with E-state index in [2.05, 4.69) is 44.7 Å². The van der Waals surface area contributed by atoms with Crippen molar-refractivity contribution in [2.24, 2.45) is 5.92 Å². The van der Waals surface area contributed by atoms with E-state index in [4.69, 9.17) is 4.74 Å². The van der Waals surface area contributed by atoms with Gasteiger partial charge in [0.05, 0.1) is 17.5 Å². The Morgan fingerprint density at radius 3 is 2.33 bits per heavy atom. The highest BCUT2D eigenvalue weighted by molar-refractivity contribution is 7.89. The summed E-state index contributed by atoms with van der Waals surface area (Å²) < 4.78 is 33.6. The van der Waals surface area contributed by atoms with E-state index in [1.165, 1.54) is 0 Å². The van der Waals surface area contributed by atoms with Crippen molar-refractivity contribution >= 4 is 10.0 Å². The van der Waals surface area contributed by atoms with Gasteiger partial charge in [0, 0.05) is 12.6 Å². The quantitative estimate of drug-likeness (QED) is 0.626. The number of hydrogen-bond donors (Lipinski definition) is 3. The summed E-state index contributed by atoms with van der Waals surface area (Å²) in [6.45, 7) is 11.4. The third kappa shape index (κ3) is 6.54. The lowest BCUT2D eigenvalue weighted by Crippen LogP contribution is -2.47. The SMILES string of the molecule is CC(C)C[C@H](CN[C@H]1CCOC1O)NS(=O)(=O)c1ccc(C(C)(C)C)cc1. The van der Waals surface area contributed by atoms with Gasteiger partial charge in [0.15, 0.2) is 6.29 Å². The van der Waals surface area contributed by atoms with Crippen LogP contribution in [0.1, 0.15) is 53.0 Å². The third-order valence-electron chi connectivity index (χ3n) is 4.80. The van der Waals surface area contributed by atoms with Gasteiger partial charge in [-0.1, -0.05) is 46.8 Å². The highest BCUT2D eigenvalue weighted by atomic mass is 32.2. The molecule has 6 nitrogen and oxygen atoms in total. The molecule has 7 heteroatoms. The maximum Gasteiger partial charge on any atom is 0.240 e. The van der Waals surface area contributed by atoms with Gasteiger partial charge in [0.25, 0.3) is 0 Å². The van der Waals surface area contributed by atoms with Gasteiger partial charge < -0.3 is 15.2 Å². The van der Waals surface area contributed by atoms with Crippen molar-refractivity contribution in [1.29, 1.82) is 0 Å². The zero-order valence-electron chi connectivity index (χ0n) is 17.0. The predicted molar refractivity (Wildman–Crippen MR) is 107 cm³/mol. The molecule has 2 rings (SSSR count). The summed E-state index contributed by atoms with van der Waals surface area (Å²) in [6, 6.07) is 6.65. The van der Waals surface area contributed by atoms with Gasteiger partial charge in [-0.15, -0.1) is 0 Å². The highest BCUT2D eigenvalue weighted by Crippen LogP contribution is 2.23. The first-order chi connectivity index (χ1) is 12.5. The number of aliphatic hydroxyl groups excluding tert-OH is 1. The first-order valence-corrected chi connectivity index (χ1v) is 11.1. The smallest absolute Gasteiger partial charge is 0.240 e. The summed E-state index contributed by atoms with van der Waals surface area (Å²) in [7, 11) is -3.61. The summed E-state index contributed by atoms with van der Waals surface area (Å²) in [4.78, 5) is 0.272. The van der Waals surface area contributed by atoms with E-state index >= 15 is 0 Å². The van der Waals surface area contributed by atoms with Gasteiger partial charge in [-0.05, 0) is 41.9 Å². The standard InChI is InChI=1S/C20H34N2O4S/c1-14(2)12-16(13-21-18-10-11-26-19(18)23)22-27(24,25)17-8-6-15(7-9-17)20(3,4)5/h6-9,14,16,18-19,21-23H,10-13H2,1-5H3/t16-,18+,19?/m1/s1. The van der Waals surface area contributed by atoms with Crippen LogP contribution in [0, 0.1) is 5.92 Å². The van der Waals surface area contributed by atoms with Crippen LogP contribution < -0.4 is 10.0 Å². The number of hydrogen-bond acceptors (Lipinski definition) is 5. The number of ether oxygens (including phenoxy) is 1. The lowest BCUT2D eigenvalue weighted by atomic mass is 9.87. The van der Waals surface area contributed by atoms with Crippen molar-refractivity contribution < 1.29 is 18.3 Å². The first kappa shape index (κ1) is 22.3. The van der Waals surface area contributed by atoms with Crippen LogP contribution >= 0.6 is 0 Å². The van der Waals surface area contributed by atoms with Crippen LogP contribution in [-0.4, -0.2) is 45.0 Å². The van der Waals surface area contributed by atoms with Crippen LogP contribution in [0.15, 0.2) is 29.2 Å². The predicted octanol–water partition coefficient (Wildman–Crippen LogP) is 2.37. The molecule has 0 amide bonds. The molecule has 1 saturated heterocycles. The summed E-state index contributed by atoms with van der Waals surface area (Å²) in [5.74, 6) is 0.340. The molecule has 0 radical (unpaired) electrons. The van der Waals surface area contributed by atoms with Crippen LogP contribution in [0.4, 0.5) is 0 Å². The van der Waals surface area contributed by atoms with Crippen molar-refractivity contribution in [2.75, 3.05) is 13.2 Å². The molecule has 1 heterocycles. The van der Waals surface area contributed by atoms with E-state index in [0.29, 0.717) is 25.5 Å². The molecule has 0 saturated carbocycles. The second-order valence-corrected chi connectivity index (χ2v) is 10.5. The van der Waals surface area contributed by atoms with Crippen molar-refractivity contribution in [3.63, 3.8) is 0 Å². The molecule has 1 aromatic carbocycles. The largest absolute Gasteiger partial charge is 0.367 e. The summed E-state index contributed by atoms with van der Waals surface area (Å²) in [6.07, 6.45) is 0.596. The molecule has 154 valence electrons. The average molecular weight is 399 g/mol. The highest BCUT2D eigenvalue weighted by Gasteiger charge is 2.28. The number of benzene rings is 1. The lowest BCUT2D eigenvalue weighted by Gasteiger charge is -2.24. The van der Waals surface area contributed by atoms with Crippen molar-refractivity contribution in [3.8, 4) is 0 Å². The molecule has 1 aliphatic heterocycles. The van der Waals surface area contributed by atoms with Gasteiger partial charge in [-0.3, -0.25) is 0 Å². The fraction of sp³-hybridized carbons (Fsp3) is 0.700. The summed E-state index contributed by atoms with van der Waals surface area (Å²) in [5, 5.41) is 13.0. The average Bonchev–Trinajstić information content (AvgIpc) is 2.96. The zero-order valence-corrected chi connectivity index (χ0v) is 17.8. The van der Waals surface area contributed by atoms with Gasteiger partial charge >= 0.3 is 0 Å². The normalized spacial score (nSPS) is 22.3. The molecule has 0 spiro atoms. The Balaban J connectivity index is 2.07. The molecule has 27 heavy (non-hydrogen) atoms. The van der Waals surface area contributed by atoms with E-state index in [0.717, 1.165) is 12.0 Å². The number of sulfonamides is 1. The molecule has 0 aromatic heterocycles. The van der Waals surface area contributed by atoms with Crippen LogP contribution in [0.25, 0.3) is 0 Å². The topological polar surface area (TPSA) is 87.7 Å². The number of aliphatic hydroxyl groups is 1. The first-order valence-electron chi connectivity index (χ1n) is 9.65. The molecule has 1 aliphatic rings. The minimum absolute atomic E-state index is 0.0238. The Hall–Kier alpha value is -0.990. The Bertz CT molecular complexity index is 696. The monoisotopic (exact) mass is 398 g/mol. The molecular formula is C20H34N2O4S. The van der Waals surface area contributed by atoms with Crippen LogP contribution in [-0.2, 0) is 20.2 Å². The second kappa shape index (κ2) is 9.01. The Morgan fingerprint density at radius 2 is 1.85 bits per heavy atom. The van der Waals surface area contributed by atoms with E-state index in [1.807, 2.05) is 12.1 Å². The maximum absolute atomic E-state index is 12.8. The van der Waals surface area contributed by atoms with Gasteiger partial charge in [-0.25, -0.2) is 13.1 Å². The van der Waals surface area contributed by atoms with Crippen molar-refractivity contribution in [1.82, 2.24) is 10.0 Å². The molecule has 1 aromatic rings. The summed E-state index contributed by atoms with van der Waals surface area (Å²) in [5.41, 5.74) is 1.07. The zero-order chi connectivity index (χ0) is 20.2. The Labute approximate surface area is 163 Å². The molecule has 0 bridgehead atoms. The molecule has 3 atom stereocenters. The fourth-order valence-electron chi connectivity index (χ4n) is 3.23. The molecule has 0 aliphatic carbocycles.